The molecular weight excluding hydrogens is 454 g/mol. The predicted octanol–water partition coefficient (Wildman–Crippen LogP) is 8.77. The van der Waals surface area contributed by atoms with E-state index in [4.69, 9.17) is 0 Å². The van der Waals surface area contributed by atoms with Crippen molar-refractivity contribution < 1.29 is 13.2 Å². The summed E-state index contributed by atoms with van der Waals surface area (Å²) in [4.78, 5) is 12.6. The second-order valence-corrected chi connectivity index (χ2v) is 13.0. The predicted molar refractivity (Wildman–Crippen MR) is 152 cm³/mol. The van der Waals surface area contributed by atoms with Crippen LogP contribution >= 0.6 is 0 Å². The number of para-hydroxylation sites is 1. The third-order valence-electron chi connectivity index (χ3n) is 6.80. The quantitative estimate of drug-likeness (QED) is 0.179. The molecule has 0 aliphatic carbocycles. The molecule has 0 heterocycles. The fourth-order valence-electron chi connectivity index (χ4n) is 4.66. The van der Waals surface area contributed by atoms with Crippen molar-refractivity contribution in [3.63, 3.8) is 0 Å². The fourth-order valence-corrected chi connectivity index (χ4v) is 5.92. The van der Waals surface area contributed by atoms with Crippen molar-refractivity contribution in [2.75, 3.05) is 16.8 Å². The summed E-state index contributed by atoms with van der Waals surface area (Å²) in [5.41, 5.74) is 2.89. The van der Waals surface area contributed by atoms with Gasteiger partial charge in [0.25, 0.3) is 0 Å². The third-order valence-corrected chi connectivity index (χ3v) is 8.41. The highest BCUT2D eigenvalue weighted by Gasteiger charge is 2.20. The van der Waals surface area contributed by atoms with Gasteiger partial charge in [-0.15, -0.1) is 0 Å². The van der Waals surface area contributed by atoms with Crippen LogP contribution in [0.3, 0.4) is 0 Å². The number of rotatable bonds is 20. The van der Waals surface area contributed by atoms with Crippen LogP contribution in [0.5, 0.6) is 0 Å². The second-order valence-electron chi connectivity index (χ2n) is 10.9. The molecule has 35 heavy (non-hydrogen) atoms. The molecule has 202 valence electrons. The van der Waals surface area contributed by atoms with E-state index in [0.717, 1.165) is 29.7 Å². The third kappa shape index (κ3) is 14.1. The Kier molecular flexibility index (Phi) is 16.3. The zero-order valence-electron chi connectivity index (χ0n) is 23.3. The summed E-state index contributed by atoms with van der Waals surface area (Å²) in [5.74, 6) is -0.269. The van der Waals surface area contributed by atoms with Gasteiger partial charge in [-0.25, -0.2) is 8.42 Å². The highest BCUT2D eigenvalue weighted by atomic mass is 32.2. The molecule has 0 atom stereocenters. The number of unbranched alkanes of at least 4 members (excludes halogenated alkanes) is 13. The molecule has 5 heteroatoms. The molecule has 1 amide bonds. The van der Waals surface area contributed by atoms with Gasteiger partial charge in [-0.2, -0.15) is 0 Å². The van der Waals surface area contributed by atoms with Gasteiger partial charge in [0, 0.05) is 5.69 Å². The van der Waals surface area contributed by atoms with E-state index in [1.807, 2.05) is 18.2 Å². The van der Waals surface area contributed by atoms with Gasteiger partial charge in [-0.3, -0.25) is 4.79 Å². The highest BCUT2D eigenvalue weighted by molar-refractivity contribution is 7.92. The minimum Gasteiger partial charge on any atom is -0.325 e. The number of hydrogen-bond acceptors (Lipinski definition) is 3. The Labute approximate surface area is 217 Å². The van der Waals surface area contributed by atoms with E-state index in [0.29, 0.717) is 6.42 Å². The molecule has 0 saturated carbocycles. The van der Waals surface area contributed by atoms with E-state index >= 15 is 0 Å². The number of anilines is 1. The average Bonchev–Trinajstić information content (AvgIpc) is 2.78. The molecule has 0 radical (unpaired) electrons. The van der Waals surface area contributed by atoms with Gasteiger partial charge in [0.05, 0.1) is 5.75 Å². The van der Waals surface area contributed by atoms with Crippen molar-refractivity contribution >= 4 is 21.4 Å². The van der Waals surface area contributed by atoms with Crippen molar-refractivity contribution in [3.05, 3.63) is 29.3 Å². The van der Waals surface area contributed by atoms with Gasteiger partial charge in [0.2, 0.25) is 5.91 Å². The maximum Gasteiger partial charge on any atom is 0.239 e. The lowest BCUT2D eigenvalue weighted by Gasteiger charge is -2.20. The standard InChI is InChI=1S/C30H53NO3S/c1-6-7-8-9-10-11-12-13-14-15-16-17-18-19-23-35(33,34)24-29(32)31-30-27(25(2)3)21-20-22-28(30)26(4)5/h20-22,25-26H,6-19,23-24H2,1-5H3,(H,31,32). The first-order valence-corrected chi connectivity index (χ1v) is 16.1. The smallest absolute Gasteiger partial charge is 0.239 e. The zero-order chi connectivity index (χ0) is 26.1. The van der Waals surface area contributed by atoms with Crippen LogP contribution in [0.25, 0.3) is 0 Å². The van der Waals surface area contributed by atoms with Gasteiger partial charge in [0.15, 0.2) is 9.84 Å². The molecule has 0 aliphatic rings. The van der Waals surface area contributed by atoms with Crippen LogP contribution in [0.1, 0.15) is 147 Å². The second kappa shape index (κ2) is 18.0. The number of carbonyl (C=O) groups is 1. The molecule has 0 aliphatic heterocycles. The van der Waals surface area contributed by atoms with E-state index in [-0.39, 0.29) is 17.6 Å². The fraction of sp³-hybridized carbons (Fsp3) is 0.767. The van der Waals surface area contributed by atoms with Crippen LogP contribution in [0.4, 0.5) is 5.69 Å². The Bertz CT molecular complexity index is 789. The largest absolute Gasteiger partial charge is 0.325 e. The van der Waals surface area contributed by atoms with Gasteiger partial charge in [-0.1, -0.05) is 136 Å². The lowest BCUT2D eigenvalue weighted by Crippen LogP contribution is -2.26. The Hall–Kier alpha value is -1.36. The molecular formula is C30H53NO3S. The van der Waals surface area contributed by atoms with E-state index in [1.54, 1.807) is 0 Å². The normalized spacial score (nSPS) is 12.0. The first-order chi connectivity index (χ1) is 16.7. The Balaban J connectivity index is 2.26. The minimum atomic E-state index is -3.40. The summed E-state index contributed by atoms with van der Waals surface area (Å²) >= 11 is 0. The van der Waals surface area contributed by atoms with Gasteiger partial charge < -0.3 is 5.32 Å². The van der Waals surface area contributed by atoms with Crippen LogP contribution in [-0.4, -0.2) is 25.8 Å². The molecule has 4 nitrogen and oxygen atoms in total. The van der Waals surface area contributed by atoms with Gasteiger partial charge >= 0.3 is 0 Å². The van der Waals surface area contributed by atoms with Crippen LogP contribution in [-0.2, 0) is 14.6 Å². The SMILES string of the molecule is CCCCCCCCCCCCCCCCS(=O)(=O)CC(=O)Nc1c(C(C)C)cccc1C(C)C. The molecule has 0 unspecified atom stereocenters. The number of hydrogen-bond donors (Lipinski definition) is 1. The van der Waals surface area contributed by atoms with Crippen molar-refractivity contribution in [1.29, 1.82) is 0 Å². The molecule has 0 saturated heterocycles. The number of carbonyl (C=O) groups excluding carboxylic acids is 1. The summed E-state index contributed by atoms with van der Waals surface area (Å²) in [5, 5.41) is 2.93. The number of amides is 1. The Morgan fingerprint density at radius 1 is 0.714 bits per heavy atom. The summed E-state index contributed by atoms with van der Waals surface area (Å²) in [6.45, 7) is 10.6. The van der Waals surface area contributed by atoms with Crippen LogP contribution < -0.4 is 5.32 Å². The highest BCUT2D eigenvalue weighted by Crippen LogP contribution is 2.32. The summed E-state index contributed by atoms with van der Waals surface area (Å²) in [6.07, 6.45) is 17.3. The van der Waals surface area contributed by atoms with E-state index in [2.05, 4.69) is 39.9 Å². The summed E-state index contributed by atoms with van der Waals surface area (Å²) in [6, 6.07) is 6.03. The lowest BCUT2D eigenvalue weighted by molar-refractivity contribution is -0.113. The zero-order valence-corrected chi connectivity index (χ0v) is 24.1. The molecule has 0 spiro atoms. The maximum absolute atomic E-state index is 12.6. The average molecular weight is 508 g/mol. The van der Waals surface area contributed by atoms with Crippen molar-refractivity contribution in [1.82, 2.24) is 0 Å². The first-order valence-electron chi connectivity index (χ1n) is 14.3. The Morgan fingerprint density at radius 2 is 1.11 bits per heavy atom. The van der Waals surface area contributed by atoms with Crippen LogP contribution in [0.15, 0.2) is 18.2 Å². The number of benzene rings is 1. The molecule has 0 aromatic heterocycles. The number of sulfone groups is 1. The molecule has 0 fully saturated rings. The van der Waals surface area contributed by atoms with E-state index in [1.165, 1.54) is 70.6 Å². The Morgan fingerprint density at radius 3 is 1.51 bits per heavy atom. The minimum absolute atomic E-state index is 0.0985. The van der Waals surface area contributed by atoms with Gasteiger partial charge in [-0.05, 0) is 29.4 Å². The summed E-state index contributed by atoms with van der Waals surface area (Å²) < 4.78 is 25.1. The molecule has 1 N–H and O–H groups in total. The molecule has 1 aromatic rings. The van der Waals surface area contributed by atoms with Crippen LogP contribution in [0, 0.1) is 0 Å². The molecule has 1 rings (SSSR count). The monoisotopic (exact) mass is 507 g/mol. The van der Waals surface area contributed by atoms with Crippen molar-refractivity contribution in [2.24, 2.45) is 0 Å². The molecule has 1 aromatic carbocycles. The van der Waals surface area contributed by atoms with Gasteiger partial charge in [0.1, 0.15) is 5.75 Å². The van der Waals surface area contributed by atoms with Crippen molar-refractivity contribution in [3.8, 4) is 0 Å². The first kappa shape index (κ1) is 31.7. The van der Waals surface area contributed by atoms with E-state index < -0.39 is 21.5 Å². The summed E-state index contributed by atoms with van der Waals surface area (Å²) in [7, 11) is -3.40. The van der Waals surface area contributed by atoms with E-state index in [9.17, 15) is 13.2 Å². The maximum atomic E-state index is 12.6. The topological polar surface area (TPSA) is 63.2 Å². The van der Waals surface area contributed by atoms with Crippen molar-refractivity contribution in [2.45, 2.75) is 136 Å². The number of nitrogens with one attached hydrogen (secondary N) is 1. The lowest BCUT2D eigenvalue weighted by atomic mass is 9.92. The molecule has 0 bridgehead atoms. The van der Waals surface area contributed by atoms with Crippen LogP contribution in [0.2, 0.25) is 0 Å².